The van der Waals surface area contributed by atoms with Gasteiger partial charge in [0.25, 0.3) is 0 Å². The average molecular weight is 692 g/mol. The molecule has 1 aliphatic heterocycles. The fraction of sp³-hybridized carbons (Fsp3) is 0. The molecule has 3 heterocycles. The highest BCUT2D eigenvalue weighted by Crippen LogP contribution is 2.39. The minimum absolute atomic E-state index is 0.695. The van der Waals surface area contributed by atoms with Crippen molar-refractivity contribution in [1.82, 2.24) is 14.5 Å². The molecule has 10 rings (SSSR count). The van der Waals surface area contributed by atoms with Gasteiger partial charge >= 0.3 is 0 Å². The Hall–Kier alpha value is -7.30. The van der Waals surface area contributed by atoms with Crippen LogP contribution in [0, 0.1) is 0 Å². The molecule has 0 amide bonds. The third-order valence-corrected chi connectivity index (χ3v) is 10.1. The number of ether oxygens (including phenoxy) is 1. The summed E-state index contributed by atoms with van der Waals surface area (Å²) >= 11 is 0. The van der Waals surface area contributed by atoms with Crippen molar-refractivity contribution >= 4 is 27.9 Å². The average Bonchev–Trinajstić information content (AvgIpc) is 3.58. The second-order valence-corrected chi connectivity index (χ2v) is 13.5. The lowest BCUT2D eigenvalue weighted by Crippen LogP contribution is -1.97. The Morgan fingerprint density at radius 1 is 0.426 bits per heavy atom. The molecule has 0 aliphatic carbocycles. The van der Waals surface area contributed by atoms with Gasteiger partial charge in [-0.3, -0.25) is 0 Å². The van der Waals surface area contributed by atoms with E-state index in [1.165, 1.54) is 10.8 Å². The van der Waals surface area contributed by atoms with Gasteiger partial charge in [-0.15, -0.1) is 0 Å². The predicted octanol–water partition coefficient (Wildman–Crippen LogP) is 12.8. The normalized spacial score (nSPS) is 13.3. The molecular formula is C50H33N3O. The summed E-state index contributed by atoms with van der Waals surface area (Å²) in [6, 6.07) is 61.7. The third-order valence-electron chi connectivity index (χ3n) is 10.1. The minimum Gasteiger partial charge on any atom is -0.464 e. The SMILES string of the molecule is C1=C\c2cccc(c2)-c2cc(-c3ccc4c(c3)c3ccccc3n4-c3ccc(-c4nc(-c5ccccc5)cc(-c5ccccc5)n4)cc3)ccc2O/C=C/1. The van der Waals surface area contributed by atoms with Crippen molar-refractivity contribution < 1.29 is 4.74 Å². The molecule has 0 atom stereocenters. The highest BCUT2D eigenvalue weighted by molar-refractivity contribution is 6.10. The highest BCUT2D eigenvalue weighted by Gasteiger charge is 2.16. The Bertz CT molecular complexity index is 2830. The lowest BCUT2D eigenvalue weighted by molar-refractivity contribution is 0.483. The fourth-order valence-corrected chi connectivity index (χ4v) is 7.45. The van der Waals surface area contributed by atoms with Crippen molar-refractivity contribution in [3.05, 3.63) is 200 Å². The standard InChI is InChI=1S/C50H33N3O/c1-3-14-35(15-4-1)45-33-46(36-16-5-2-6-17-36)52-50(51-45)37-21-25-41(26-22-37)53-47-20-8-7-19-42(47)44-32-38(23-27-48(44)53)39-24-28-49-43(31-39)40-18-11-13-34(30-40)12-9-10-29-54-49/h1-33H/b12-9-,29-10+. The van der Waals surface area contributed by atoms with Gasteiger partial charge in [0.15, 0.2) is 5.82 Å². The summed E-state index contributed by atoms with van der Waals surface area (Å²) in [6.07, 6.45) is 7.75. The molecule has 0 fully saturated rings. The first-order valence-electron chi connectivity index (χ1n) is 18.1. The Morgan fingerprint density at radius 3 is 1.85 bits per heavy atom. The molecular weight excluding hydrogens is 659 g/mol. The predicted molar refractivity (Wildman–Crippen MR) is 222 cm³/mol. The van der Waals surface area contributed by atoms with Gasteiger partial charge in [0.2, 0.25) is 0 Å². The van der Waals surface area contributed by atoms with E-state index in [1.807, 2.05) is 48.6 Å². The van der Waals surface area contributed by atoms with Crippen molar-refractivity contribution in [3.8, 4) is 67.6 Å². The monoisotopic (exact) mass is 691 g/mol. The van der Waals surface area contributed by atoms with Crippen LogP contribution in [0.25, 0.3) is 89.7 Å². The number of aromatic nitrogens is 3. The molecule has 54 heavy (non-hydrogen) atoms. The molecule has 254 valence electrons. The van der Waals surface area contributed by atoms with Crippen molar-refractivity contribution in [2.75, 3.05) is 0 Å². The van der Waals surface area contributed by atoms with Gasteiger partial charge in [-0.2, -0.15) is 0 Å². The van der Waals surface area contributed by atoms with Gasteiger partial charge in [-0.25, -0.2) is 9.97 Å². The first-order valence-corrected chi connectivity index (χ1v) is 18.1. The lowest BCUT2D eigenvalue weighted by atomic mass is 9.96. The molecule has 4 nitrogen and oxygen atoms in total. The largest absolute Gasteiger partial charge is 0.464 e. The fourth-order valence-electron chi connectivity index (χ4n) is 7.45. The van der Waals surface area contributed by atoms with E-state index < -0.39 is 0 Å². The van der Waals surface area contributed by atoms with Gasteiger partial charge in [-0.05, 0) is 95.1 Å². The second kappa shape index (κ2) is 13.4. The summed E-state index contributed by atoms with van der Waals surface area (Å²) in [5, 5.41) is 2.40. The smallest absolute Gasteiger partial charge is 0.160 e. The first kappa shape index (κ1) is 31.4. The Kier molecular flexibility index (Phi) is 7.77. The van der Waals surface area contributed by atoms with Crippen LogP contribution in [-0.4, -0.2) is 14.5 Å². The summed E-state index contributed by atoms with van der Waals surface area (Å²) in [4.78, 5) is 10.1. The number of rotatable bonds is 5. The number of allylic oxidation sites excluding steroid dienone is 2. The summed E-state index contributed by atoms with van der Waals surface area (Å²) in [7, 11) is 0. The van der Waals surface area contributed by atoms with Gasteiger partial charge in [0.05, 0.1) is 28.7 Å². The molecule has 0 saturated carbocycles. The molecule has 7 aromatic carbocycles. The molecule has 2 aromatic heterocycles. The number of hydrogen-bond donors (Lipinski definition) is 0. The number of para-hydroxylation sites is 1. The van der Waals surface area contributed by atoms with E-state index in [0.717, 1.165) is 78.4 Å². The summed E-state index contributed by atoms with van der Waals surface area (Å²) in [5.74, 6) is 1.53. The molecule has 0 N–H and O–H groups in total. The van der Waals surface area contributed by atoms with E-state index in [0.29, 0.717) is 5.82 Å². The molecule has 9 aromatic rings. The number of hydrogen-bond acceptors (Lipinski definition) is 3. The van der Waals surface area contributed by atoms with E-state index in [1.54, 1.807) is 6.26 Å². The molecule has 0 unspecified atom stereocenters. The van der Waals surface area contributed by atoms with Gasteiger partial charge in [-0.1, -0.05) is 121 Å². The highest BCUT2D eigenvalue weighted by atomic mass is 16.5. The van der Waals surface area contributed by atoms with Crippen LogP contribution in [0.1, 0.15) is 5.56 Å². The van der Waals surface area contributed by atoms with Gasteiger partial charge in [0, 0.05) is 38.7 Å². The van der Waals surface area contributed by atoms with Crippen LogP contribution >= 0.6 is 0 Å². The van der Waals surface area contributed by atoms with Crippen molar-refractivity contribution in [1.29, 1.82) is 0 Å². The Morgan fingerprint density at radius 2 is 1.07 bits per heavy atom. The van der Waals surface area contributed by atoms with Crippen LogP contribution < -0.4 is 4.74 Å². The van der Waals surface area contributed by atoms with Crippen LogP contribution in [0.2, 0.25) is 0 Å². The van der Waals surface area contributed by atoms with Crippen molar-refractivity contribution in [2.45, 2.75) is 0 Å². The lowest BCUT2D eigenvalue weighted by Gasteiger charge is -2.13. The zero-order valence-corrected chi connectivity index (χ0v) is 29.3. The summed E-state index contributed by atoms with van der Waals surface area (Å²) in [5.41, 5.74) is 13.9. The summed E-state index contributed by atoms with van der Waals surface area (Å²) < 4.78 is 8.43. The molecule has 0 spiro atoms. The maximum absolute atomic E-state index is 6.08. The molecule has 2 bridgehead atoms. The van der Waals surface area contributed by atoms with E-state index in [-0.39, 0.29) is 0 Å². The number of nitrogens with zero attached hydrogens (tertiary/aromatic N) is 3. The van der Waals surface area contributed by atoms with Gasteiger partial charge in [0.1, 0.15) is 5.75 Å². The van der Waals surface area contributed by atoms with E-state index in [9.17, 15) is 0 Å². The van der Waals surface area contributed by atoms with Crippen LogP contribution in [0.5, 0.6) is 5.75 Å². The van der Waals surface area contributed by atoms with Crippen LogP contribution in [0.4, 0.5) is 0 Å². The van der Waals surface area contributed by atoms with Crippen LogP contribution in [-0.2, 0) is 0 Å². The number of fused-ring (bicyclic) bond motifs is 7. The maximum atomic E-state index is 6.08. The van der Waals surface area contributed by atoms with Crippen LogP contribution in [0.15, 0.2) is 194 Å². The molecule has 0 saturated heterocycles. The summed E-state index contributed by atoms with van der Waals surface area (Å²) in [6.45, 7) is 0. The zero-order chi connectivity index (χ0) is 35.8. The third kappa shape index (κ3) is 5.76. The Labute approximate surface area is 313 Å². The maximum Gasteiger partial charge on any atom is 0.160 e. The molecule has 4 heteroatoms. The zero-order valence-electron chi connectivity index (χ0n) is 29.3. The van der Waals surface area contributed by atoms with Crippen molar-refractivity contribution in [3.63, 3.8) is 0 Å². The minimum atomic E-state index is 0.695. The second-order valence-electron chi connectivity index (χ2n) is 13.5. The number of benzene rings is 7. The van der Waals surface area contributed by atoms with Gasteiger partial charge < -0.3 is 9.30 Å². The van der Waals surface area contributed by atoms with E-state index in [2.05, 4.69) is 150 Å². The topological polar surface area (TPSA) is 39.9 Å². The first-order chi connectivity index (χ1) is 26.7. The Balaban J connectivity index is 1.05. The molecule has 1 aliphatic rings. The molecule has 0 radical (unpaired) electrons. The van der Waals surface area contributed by atoms with Crippen LogP contribution in [0.3, 0.4) is 0 Å². The van der Waals surface area contributed by atoms with E-state index in [4.69, 9.17) is 14.7 Å². The quantitative estimate of drug-likeness (QED) is 0.180. The van der Waals surface area contributed by atoms with E-state index >= 15 is 0 Å². The van der Waals surface area contributed by atoms with Crippen molar-refractivity contribution in [2.24, 2.45) is 0 Å².